The SMILES string of the molecule is COC(=O)c1c(C)n(C2CC2)c2c(F)c(N3CC(C)N(P(=O)(OC)OC)C(C)C3)c(F)c(N)c2c1=O. The molecule has 198 valence electrons. The number of anilines is 2. The standard InChI is InChI=1S/C23H31F2N4O6P/c1-11-9-27(10-12(2)29(11)36(32,34-5)35-6)21-17(24)19(26)16-20(18(21)25)28(14-7-8-14)13(3)15(22(16)30)23(31)33-4/h11-12,14H,7-10,26H2,1-6H3. The Morgan fingerprint density at radius 1 is 1.06 bits per heavy atom. The van der Waals surface area contributed by atoms with E-state index in [2.05, 4.69) is 0 Å². The molecule has 36 heavy (non-hydrogen) atoms. The van der Waals surface area contributed by atoms with Crippen LogP contribution in [0.25, 0.3) is 10.9 Å². The fraction of sp³-hybridized carbons (Fsp3) is 0.565. The van der Waals surface area contributed by atoms with Crippen LogP contribution < -0.4 is 16.1 Å². The smallest absolute Gasteiger partial charge is 0.408 e. The van der Waals surface area contributed by atoms with Crippen LogP contribution in [0.3, 0.4) is 0 Å². The molecule has 0 radical (unpaired) electrons. The number of aromatic nitrogens is 1. The molecule has 1 aliphatic carbocycles. The fourth-order valence-corrected chi connectivity index (χ4v) is 7.01. The van der Waals surface area contributed by atoms with E-state index in [-0.39, 0.29) is 47.0 Å². The second kappa shape index (κ2) is 9.41. The number of methoxy groups -OCH3 is 1. The fourth-order valence-electron chi connectivity index (χ4n) is 5.37. The maximum Gasteiger partial charge on any atom is 0.408 e. The summed E-state index contributed by atoms with van der Waals surface area (Å²) in [5, 5.41) is -0.380. The Balaban J connectivity index is 1.94. The molecule has 2 atom stereocenters. The number of piperazine rings is 1. The molecule has 1 aromatic carbocycles. The summed E-state index contributed by atoms with van der Waals surface area (Å²) >= 11 is 0. The summed E-state index contributed by atoms with van der Waals surface area (Å²) in [6.07, 6.45) is 1.42. The normalized spacial score (nSPS) is 21.3. The van der Waals surface area contributed by atoms with Gasteiger partial charge < -0.3 is 19.9 Å². The van der Waals surface area contributed by atoms with E-state index in [1.165, 1.54) is 19.1 Å². The molecule has 13 heteroatoms. The van der Waals surface area contributed by atoms with Crippen molar-refractivity contribution in [2.24, 2.45) is 0 Å². The highest BCUT2D eigenvalue weighted by Gasteiger charge is 2.44. The number of carbonyl (C=O) groups is 1. The zero-order valence-electron chi connectivity index (χ0n) is 21.1. The third kappa shape index (κ3) is 3.91. The minimum atomic E-state index is -3.60. The van der Waals surface area contributed by atoms with Gasteiger partial charge in [0.25, 0.3) is 0 Å². The van der Waals surface area contributed by atoms with Crippen LogP contribution in [0.4, 0.5) is 20.2 Å². The Hall–Kier alpha value is -2.53. The van der Waals surface area contributed by atoms with Gasteiger partial charge in [0.15, 0.2) is 11.6 Å². The van der Waals surface area contributed by atoms with Gasteiger partial charge in [-0.2, -0.15) is 4.67 Å². The predicted molar refractivity (Wildman–Crippen MR) is 131 cm³/mol. The second-order valence-electron chi connectivity index (χ2n) is 9.31. The first-order valence-corrected chi connectivity index (χ1v) is 13.1. The number of hydrogen-bond donors (Lipinski definition) is 1. The number of nitrogens with two attached hydrogens (primary N) is 1. The van der Waals surface area contributed by atoms with Crippen LogP contribution in [0.2, 0.25) is 0 Å². The molecule has 2 unspecified atom stereocenters. The van der Waals surface area contributed by atoms with E-state index in [1.807, 2.05) is 0 Å². The van der Waals surface area contributed by atoms with Gasteiger partial charge in [0.1, 0.15) is 11.3 Å². The van der Waals surface area contributed by atoms with E-state index in [1.54, 1.807) is 30.0 Å². The van der Waals surface area contributed by atoms with Crippen LogP contribution in [0.15, 0.2) is 4.79 Å². The van der Waals surface area contributed by atoms with Crippen molar-refractivity contribution in [3.8, 4) is 0 Å². The maximum absolute atomic E-state index is 16.3. The van der Waals surface area contributed by atoms with Gasteiger partial charge in [-0.05, 0) is 33.6 Å². The highest BCUT2D eigenvalue weighted by molar-refractivity contribution is 7.51. The molecule has 4 rings (SSSR count). The first kappa shape index (κ1) is 26.5. The van der Waals surface area contributed by atoms with Gasteiger partial charge in [-0.15, -0.1) is 0 Å². The highest BCUT2D eigenvalue weighted by Crippen LogP contribution is 2.54. The molecule has 0 amide bonds. The number of esters is 1. The number of ether oxygens (including phenoxy) is 1. The van der Waals surface area contributed by atoms with E-state index >= 15 is 8.78 Å². The largest absolute Gasteiger partial charge is 0.465 e. The van der Waals surface area contributed by atoms with Crippen molar-refractivity contribution >= 4 is 36.0 Å². The molecule has 1 aliphatic heterocycles. The Morgan fingerprint density at radius 3 is 2.08 bits per heavy atom. The maximum atomic E-state index is 16.3. The lowest BCUT2D eigenvalue weighted by Crippen LogP contribution is -2.55. The van der Waals surface area contributed by atoms with Gasteiger partial charge >= 0.3 is 13.7 Å². The van der Waals surface area contributed by atoms with Crippen molar-refractivity contribution in [1.29, 1.82) is 0 Å². The number of pyridine rings is 1. The van der Waals surface area contributed by atoms with Crippen LogP contribution in [0.5, 0.6) is 0 Å². The minimum Gasteiger partial charge on any atom is -0.465 e. The van der Waals surface area contributed by atoms with E-state index < -0.39 is 48.6 Å². The zero-order chi connectivity index (χ0) is 26.7. The van der Waals surface area contributed by atoms with Gasteiger partial charge in [-0.1, -0.05) is 0 Å². The Labute approximate surface area is 207 Å². The number of carbonyl (C=O) groups excluding carboxylic acids is 1. The summed E-state index contributed by atoms with van der Waals surface area (Å²) in [5.74, 6) is -2.92. The van der Waals surface area contributed by atoms with Crippen molar-refractivity contribution in [3.63, 3.8) is 0 Å². The van der Waals surface area contributed by atoms with E-state index in [0.717, 1.165) is 7.11 Å². The van der Waals surface area contributed by atoms with Crippen LogP contribution in [-0.2, 0) is 18.3 Å². The van der Waals surface area contributed by atoms with E-state index in [9.17, 15) is 14.2 Å². The molecular formula is C23H31F2N4O6P. The lowest BCUT2D eigenvalue weighted by Gasteiger charge is -2.46. The topological polar surface area (TPSA) is 116 Å². The van der Waals surface area contributed by atoms with Gasteiger partial charge in [0.2, 0.25) is 5.43 Å². The quantitative estimate of drug-likeness (QED) is 0.341. The number of nitrogen functional groups attached to an aromatic ring is 1. The molecule has 2 N–H and O–H groups in total. The molecule has 2 aliphatic rings. The molecule has 2 fully saturated rings. The number of fused-ring (bicyclic) bond motifs is 1. The van der Waals surface area contributed by atoms with Crippen molar-refractivity contribution < 1.29 is 31.9 Å². The lowest BCUT2D eigenvalue weighted by molar-refractivity contribution is 0.0597. The minimum absolute atomic E-state index is 0.0900. The van der Waals surface area contributed by atoms with Crippen molar-refractivity contribution in [3.05, 3.63) is 33.1 Å². The molecule has 2 heterocycles. The van der Waals surface area contributed by atoms with Crippen LogP contribution in [0.1, 0.15) is 48.8 Å². The zero-order valence-corrected chi connectivity index (χ0v) is 22.0. The molecule has 10 nitrogen and oxygen atoms in total. The number of rotatable bonds is 6. The third-order valence-corrected chi connectivity index (χ3v) is 9.30. The number of benzene rings is 1. The van der Waals surface area contributed by atoms with E-state index in [4.69, 9.17) is 19.5 Å². The summed E-state index contributed by atoms with van der Waals surface area (Å²) in [6.45, 7) is 5.22. The molecule has 1 saturated heterocycles. The summed E-state index contributed by atoms with van der Waals surface area (Å²) in [5.41, 5.74) is 4.16. The second-order valence-corrected chi connectivity index (χ2v) is 11.4. The molecule has 2 aromatic rings. The molecule has 0 spiro atoms. The van der Waals surface area contributed by atoms with Crippen molar-refractivity contribution in [2.45, 2.75) is 51.7 Å². The van der Waals surface area contributed by atoms with Crippen LogP contribution in [0, 0.1) is 18.6 Å². The van der Waals surface area contributed by atoms with Gasteiger partial charge in [0.05, 0.1) is 23.7 Å². The molecular weight excluding hydrogens is 497 g/mol. The first-order chi connectivity index (χ1) is 16.9. The van der Waals surface area contributed by atoms with Gasteiger partial charge in [-0.25, -0.2) is 18.1 Å². The molecule has 1 saturated carbocycles. The number of nitrogens with zero attached hydrogens (tertiary/aromatic N) is 3. The average Bonchev–Trinajstić information content (AvgIpc) is 3.66. The Morgan fingerprint density at radius 2 is 1.61 bits per heavy atom. The molecule has 1 aromatic heterocycles. The number of halogens is 2. The summed E-state index contributed by atoms with van der Waals surface area (Å²) < 4.78 is 63.3. The number of hydrogen-bond acceptors (Lipinski definition) is 8. The van der Waals surface area contributed by atoms with Crippen molar-refractivity contribution in [2.75, 3.05) is 45.1 Å². The van der Waals surface area contributed by atoms with Crippen LogP contribution >= 0.6 is 7.75 Å². The average molecular weight is 528 g/mol. The molecule has 0 bridgehead atoms. The summed E-state index contributed by atoms with van der Waals surface area (Å²) in [6, 6.07) is -1.10. The van der Waals surface area contributed by atoms with Gasteiger partial charge in [-0.3, -0.25) is 13.8 Å². The van der Waals surface area contributed by atoms with E-state index in [0.29, 0.717) is 12.8 Å². The third-order valence-electron chi connectivity index (χ3n) is 7.02. The summed E-state index contributed by atoms with van der Waals surface area (Å²) in [7, 11) is 0.0941. The van der Waals surface area contributed by atoms with Gasteiger partial charge in [0, 0.05) is 51.1 Å². The Kier molecular flexibility index (Phi) is 6.93. The summed E-state index contributed by atoms with van der Waals surface area (Å²) in [4.78, 5) is 27.2. The van der Waals surface area contributed by atoms with Crippen molar-refractivity contribution in [1.82, 2.24) is 9.24 Å². The predicted octanol–water partition coefficient (Wildman–Crippen LogP) is 3.59. The van der Waals surface area contributed by atoms with Crippen LogP contribution in [-0.4, -0.2) is 61.7 Å². The lowest BCUT2D eigenvalue weighted by atomic mass is 10.0. The highest BCUT2D eigenvalue weighted by atomic mass is 31.2. The first-order valence-electron chi connectivity index (χ1n) is 11.6. The monoisotopic (exact) mass is 528 g/mol. The Bertz CT molecular complexity index is 1320.